The van der Waals surface area contributed by atoms with E-state index in [9.17, 15) is 4.79 Å². The molecule has 0 heterocycles. The molecule has 1 saturated carbocycles. The maximum atomic E-state index is 10.9. The minimum Gasteiger partial charge on any atom is -0.478 e. The van der Waals surface area contributed by atoms with Gasteiger partial charge in [0.05, 0.1) is 5.56 Å². The van der Waals surface area contributed by atoms with Gasteiger partial charge in [-0.05, 0) is 36.5 Å². The Kier molecular flexibility index (Phi) is 5.18. The number of hydrogen-bond donors (Lipinski definition) is 1. The van der Waals surface area contributed by atoms with E-state index in [0.29, 0.717) is 17.5 Å². The predicted octanol–water partition coefficient (Wildman–Crippen LogP) is 3.79. The minimum atomic E-state index is -0.855. The Balaban J connectivity index is 2.04. The summed E-state index contributed by atoms with van der Waals surface area (Å²) in [5.74, 6) is -0.194. The van der Waals surface area contributed by atoms with E-state index in [4.69, 9.17) is 5.11 Å². The zero-order valence-corrected chi connectivity index (χ0v) is 12.5. The summed E-state index contributed by atoms with van der Waals surface area (Å²) >= 11 is 0. The standard InChI is InChI=1S/C17H25NO2/c1-13(2)11-18(16-5-3-4-6-16)12-14-7-9-15(10-8-14)17(19)20/h7-10,13,16H,3-6,11-12H2,1-2H3,(H,19,20). The van der Waals surface area contributed by atoms with Crippen molar-refractivity contribution in [3.05, 3.63) is 35.4 Å². The van der Waals surface area contributed by atoms with E-state index >= 15 is 0 Å². The molecule has 0 atom stereocenters. The summed E-state index contributed by atoms with van der Waals surface area (Å²) in [4.78, 5) is 13.5. The van der Waals surface area contributed by atoms with Gasteiger partial charge in [0.2, 0.25) is 0 Å². The van der Waals surface area contributed by atoms with Gasteiger partial charge in [0.25, 0.3) is 0 Å². The van der Waals surface area contributed by atoms with Crippen molar-refractivity contribution in [3.63, 3.8) is 0 Å². The molecule has 1 aromatic rings. The second-order valence-electron chi connectivity index (χ2n) is 6.26. The summed E-state index contributed by atoms with van der Waals surface area (Å²) in [5.41, 5.74) is 1.58. The van der Waals surface area contributed by atoms with Crippen molar-refractivity contribution in [3.8, 4) is 0 Å². The number of nitrogens with zero attached hydrogens (tertiary/aromatic N) is 1. The molecule has 0 aromatic heterocycles. The van der Waals surface area contributed by atoms with Crippen molar-refractivity contribution in [1.82, 2.24) is 4.90 Å². The fourth-order valence-corrected chi connectivity index (χ4v) is 3.07. The molecule has 2 rings (SSSR count). The zero-order valence-electron chi connectivity index (χ0n) is 12.5. The van der Waals surface area contributed by atoms with Crippen LogP contribution in [0.25, 0.3) is 0 Å². The zero-order chi connectivity index (χ0) is 14.5. The van der Waals surface area contributed by atoms with Crippen LogP contribution < -0.4 is 0 Å². The van der Waals surface area contributed by atoms with E-state index in [1.54, 1.807) is 12.1 Å². The molecule has 1 aliphatic rings. The van der Waals surface area contributed by atoms with E-state index < -0.39 is 5.97 Å². The van der Waals surface area contributed by atoms with Crippen LogP contribution in [0.4, 0.5) is 0 Å². The maximum Gasteiger partial charge on any atom is 0.335 e. The van der Waals surface area contributed by atoms with Gasteiger partial charge in [-0.15, -0.1) is 0 Å². The number of carboxylic acids is 1. The fraction of sp³-hybridized carbons (Fsp3) is 0.588. The van der Waals surface area contributed by atoms with Crippen molar-refractivity contribution in [2.24, 2.45) is 5.92 Å². The molecule has 0 spiro atoms. The summed E-state index contributed by atoms with van der Waals surface area (Å²) in [7, 11) is 0. The smallest absolute Gasteiger partial charge is 0.335 e. The van der Waals surface area contributed by atoms with Gasteiger partial charge in [0.1, 0.15) is 0 Å². The molecular weight excluding hydrogens is 250 g/mol. The normalized spacial score (nSPS) is 16.2. The lowest BCUT2D eigenvalue weighted by Crippen LogP contribution is -2.35. The Morgan fingerprint density at radius 3 is 2.35 bits per heavy atom. The summed E-state index contributed by atoms with van der Waals surface area (Å²) < 4.78 is 0. The van der Waals surface area contributed by atoms with Crippen LogP contribution in [-0.2, 0) is 6.54 Å². The van der Waals surface area contributed by atoms with Gasteiger partial charge < -0.3 is 5.11 Å². The summed E-state index contributed by atoms with van der Waals surface area (Å²) in [5, 5.41) is 8.94. The quantitative estimate of drug-likeness (QED) is 0.858. The number of aromatic carboxylic acids is 1. The van der Waals surface area contributed by atoms with Gasteiger partial charge in [-0.3, -0.25) is 4.90 Å². The first-order valence-corrected chi connectivity index (χ1v) is 7.62. The first kappa shape index (κ1) is 15.0. The van der Waals surface area contributed by atoms with E-state index in [1.807, 2.05) is 12.1 Å². The average molecular weight is 275 g/mol. The Morgan fingerprint density at radius 1 is 1.25 bits per heavy atom. The number of rotatable bonds is 6. The molecule has 0 amide bonds. The summed E-state index contributed by atoms with van der Waals surface area (Å²) in [6.45, 7) is 6.57. The van der Waals surface area contributed by atoms with Crippen LogP contribution in [0, 0.1) is 5.92 Å². The van der Waals surface area contributed by atoms with Crippen LogP contribution in [-0.4, -0.2) is 28.6 Å². The third-order valence-corrected chi connectivity index (χ3v) is 4.03. The Labute approximate surface area is 121 Å². The Hall–Kier alpha value is -1.35. The highest BCUT2D eigenvalue weighted by Crippen LogP contribution is 2.25. The molecule has 1 fully saturated rings. The van der Waals surface area contributed by atoms with Gasteiger partial charge in [-0.25, -0.2) is 4.79 Å². The van der Waals surface area contributed by atoms with E-state index in [1.165, 1.54) is 31.2 Å². The number of carboxylic acid groups (broad SMARTS) is 1. The molecule has 0 saturated heterocycles. The van der Waals surface area contributed by atoms with Crippen LogP contribution in [0.5, 0.6) is 0 Å². The monoisotopic (exact) mass is 275 g/mol. The fourth-order valence-electron chi connectivity index (χ4n) is 3.07. The second kappa shape index (κ2) is 6.89. The van der Waals surface area contributed by atoms with Gasteiger partial charge >= 0.3 is 5.97 Å². The lowest BCUT2D eigenvalue weighted by atomic mass is 10.1. The molecule has 0 unspecified atom stereocenters. The predicted molar refractivity (Wildman–Crippen MR) is 80.9 cm³/mol. The number of benzene rings is 1. The Morgan fingerprint density at radius 2 is 1.85 bits per heavy atom. The molecule has 0 bridgehead atoms. The van der Waals surface area contributed by atoms with Crippen LogP contribution >= 0.6 is 0 Å². The van der Waals surface area contributed by atoms with Crippen molar-refractivity contribution in [2.75, 3.05) is 6.54 Å². The average Bonchev–Trinajstić information content (AvgIpc) is 2.92. The van der Waals surface area contributed by atoms with Gasteiger partial charge in [0, 0.05) is 19.1 Å². The van der Waals surface area contributed by atoms with Gasteiger partial charge in [-0.2, -0.15) is 0 Å². The molecule has 0 aliphatic heterocycles. The first-order valence-electron chi connectivity index (χ1n) is 7.62. The highest BCUT2D eigenvalue weighted by atomic mass is 16.4. The molecule has 1 aliphatic carbocycles. The van der Waals surface area contributed by atoms with Crippen molar-refractivity contribution < 1.29 is 9.90 Å². The van der Waals surface area contributed by atoms with Crippen molar-refractivity contribution in [1.29, 1.82) is 0 Å². The van der Waals surface area contributed by atoms with Crippen LogP contribution in [0.3, 0.4) is 0 Å². The van der Waals surface area contributed by atoms with Crippen molar-refractivity contribution in [2.45, 2.75) is 52.1 Å². The Bertz CT molecular complexity index is 433. The number of carbonyl (C=O) groups is 1. The van der Waals surface area contributed by atoms with Crippen molar-refractivity contribution >= 4 is 5.97 Å². The van der Waals surface area contributed by atoms with Crippen LogP contribution in [0.15, 0.2) is 24.3 Å². The third-order valence-electron chi connectivity index (χ3n) is 4.03. The maximum absolute atomic E-state index is 10.9. The minimum absolute atomic E-state index is 0.366. The molecule has 3 nitrogen and oxygen atoms in total. The lowest BCUT2D eigenvalue weighted by molar-refractivity contribution is 0.0697. The van der Waals surface area contributed by atoms with Crippen LogP contribution in [0.2, 0.25) is 0 Å². The topological polar surface area (TPSA) is 40.5 Å². The number of hydrogen-bond acceptors (Lipinski definition) is 2. The third kappa shape index (κ3) is 4.07. The molecular formula is C17H25NO2. The van der Waals surface area contributed by atoms with E-state index in [2.05, 4.69) is 18.7 Å². The van der Waals surface area contributed by atoms with Gasteiger partial charge in [0.15, 0.2) is 0 Å². The highest BCUT2D eigenvalue weighted by molar-refractivity contribution is 5.87. The summed E-state index contributed by atoms with van der Waals surface area (Å²) in [6, 6.07) is 8.02. The largest absolute Gasteiger partial charge is 0.478 e. The van der Waals surface area contributed by atoms with Crippen LogP contribution in [0.1, 0.15) is 55.5 Å². The molecule has 1 N–H and O–H groups in total. The molecule has 0 radical (unpaired) electrons. The first-order chi connectivity index (χ1) is 9.56. The summed E-state index contributed by atoms with van der Waals surface area (Å²) in [6.07, 6.45) is 5.30. The van der Waals surface area contributed by atoms with E-state index in [0.717, 1.165) is 13.1 Å². The molecule has 20 heavy (non-hydrogen) atoms. The molecule has 110 valence electrons. The molecule has 3 heteroatoms. The highest BCUT2D eigenvalue weighted by Gasteiger charge is 2.23. The van der Waals surface area contributed by atoms with E-state index in [-0.39, 0.29) is 0 Å². The van der Waals surface area contributed by atoms with Gasteiger partial charge in [-0.1, -0.05) is 38.8 Å². The second-order valence-corrected chi connectivity index (χ2v) is 6.26. The SMILES string of the molecule is CC(C)CN(Cc1ccc(C(=O)O)cc1)C1CCCC1. The lowest BCUT2D eigenvalue weighted by Gasteiger charge is -2.30. The molecule has 1 aromatic carbocycles.